The second-order valence-corrected chi connectivity index (χ2v) is 7.44. The highest BCUT2D eigenvalue weighted by atomic mass is 32.1. The van der Waals surface area contributed by atoms with Crippen LogP contribution >= 0.6 is 11.3 Å². The number of furan rings is 2. The maximum absolute atomic E-state index is 13.1. The summed E-state index contributed by atoms with van der Waals surface area (Å²) in [6, 6.07) is 6.63. The van der Waals surface area contributed by atoms with Gasteiger partial charge in [0, 0.05) is 6.08 Å². The van der Waals surface area contributed by atoms with Crippen LogP contribution < -0.4 is 20.5 Å². The molecule has 0 saturated heterocycles. The fourth-order valence-electron chi connectivity index (χ4n) is 3.51. The zero-order valence-corrected chi connectivity index (χ0v) is 17.4. The monoisotopic (exact) mass is 442 g/mol. The summed E-state index contributed by atoms with van der Waals surface area (Å²) in [5, 5.41) is 0.219. The van der Waals surface area contributed by atoms with Crippen molar-refractivity contribution in [1.29, 1.82) is 0 Å². The summed E-state index contributed by atoms with van der Waals surface area (Å²) in [4.78, 5) is 38.2. The molecular weight excluding hydrogens is 424 g/mol. The Balaban J connectivity index is 2.18. The minimum Gasteiger partial charge on any atom is -0.468 e. The third kappa shape index (κ3) is 3.40. The van der Waals surface area contributed by atoms with Crippen molar-refractivity contribution < 1.29 is 27.9 Å². The average Bonchev–Trinajstić information content (AvgIpc) is 3.50. The number of nitrogens with zero attached hydrogens (tertiary/aromatic N) is 1. The van der Waals surface area contributed by atoms with Crippen LogP contribution in [0.3, 0.4) is 0 Å². The number of esters is 2. The smallest absolute Gasteiger partial charge is 0.338 e. The number of carbonyl (C=O) groups excluding carboxylic acids is 2. The van der Waals surface area contributed by atoms with E-state index in [1.807, 2.05) is 0 Å². The van der Waals surface area contributed by atoms with Crippen LogP contribution in [0.1, 0.15) is 24.4 Å². The SMILES string of the molecule is CCOC(=O)C1=c2c(=Cc3ccco3)sc(=O)n2C(N)=C(C(=O)OC)C1c1ccco1. The molecule has 1 atom stereocenters. The van der Waals surface area contributed by atoms with Gasteiger partial charge in [-0.2, -0.15) is 0 Å². The molecule has 0 amide bonds. The molecule has 0 aliphatic carbocycles. The number of rotatable bonds is 5. The molecule has 3 aromatic heterocycles. The highest BCUT2D eigenvalue weighted by Crippen LogP contribution is 2.37. The maximum atomic E-state index is 13.1. The lowest BCUT2D eigenvalue weighted by atomic mass is 9.86. The summed E-state index contributed by atoms with van der Waals surface area (Å²) >= 11 is 0.858. The predicted molar refractivity (Wildman–Crippen MR) is 111 cm³/mol. The van der Waals surface area contributed by atoms with Gasteiger partial charge in [0.25, 0.3) is 0 Å². The van der Waals surface area contributed by atoms with Crippen LogP contribution in [0.4, 0.5) is 0 Å². The molecule has 4 heterocycles. The van der Waals surface area contributed by atoms with Crippen molar-refractivity contribution in [3.63, 3.8) is 0 Å². The first-order valence-electron chi connectivity index (χ1n) is 9.28. The summed E-state index contributed by atoms with van der Waals surface area (Å²) < 4.78 is 22.6. The third-order valence-electron chi connectivity index (χ3n) is 4.73. The van der Waals surface area contributed by atoms with Gasteiger partial charge in [-0.25, -0.2) is 9.59 Å². The molecule has 0 bridgehead atoms. The number of ether oxygens (including phenoxy) is 2. The highest BCUT2D eigenvalue weighted by Gasteiger charge is 2.41. The number of hydrogen-bond acceptors (Lipinski definition) is 9. The van der Waals surface area contributed by atoms with Gasteiger partial charge < -0.3 is 24.0 Å². The van der Waals surface area contributed by atoms with E-state index in [1.165, 1.54) is 19.6 Å². The molecule has 4 rings (SSSR count). The Kier molecular flexibility index (Phi) is 5.38. The summed E-state index contributed by atoms with van der Waals surface area (Å²) in [5.74, 6) is -1.92. The van der Waals surface area contributed by atoms with Gasteiger partial charge >= 0.3 is 16.8 Å². The quantitative estimate of drug-likeness (QED) is 0.573. The van der Waals surface area contributed by atoms with Crippen molar-refractivity contribution in [2.24, 2.45) is 5.73 Å². The van der Waals surface area contributed by atoms with Crippen LogP contribution in [-0.2, 0) is 19.1 Å². The third-order valence-corrected chi connectivity index (χ3v) is 5.62. The largest absolute Gasteiger partial charge is 0.468 e. The van der Waals surface area contributed by atoms with E-state index in [0.29, 0.717) is 10.3 Å². The van der Waals surface area contributed by atoms with Crippen LogP contribution in [0.15, 0.2) is 56.0 Å². The zero-order valence-electron chi connectivity index (χ0n) is 16.6. The standard InChI is InChI=1S/C21H18N2O7S/c1-3-28-20(25)15-14(12-7-5-9-30-12)16(19(24)27-2)18(22)23-17(15)13(31-21(23)26)10-11-6-4-8-29-11/h4-10,14H,3,22H2,1-2H3. The van der Waals surface area contributed by atoms with Crippen LogP contribution in [-0.4, -0.2) is 30.2 Å². The lowest BCUT2D eigenvalue weighted by molar-refractivity contribution is -0.136. The lowest BCUT2D eigenvalue weighted by Crippen LogP contribution is -2.44. The van der Waals surface area contributed by atoms with Crippen LogP contribution in [0.25, 0.3) is 17.5 Å². The first-order valence-corrected chi connectivity index (χ1v) is 10.1. The van der Waals surface area contributed by atoms with Gasteiger partial charge in [0.15, 0.2) is 0 Å². The van der Waals surface area contributed by atoms with E-state index in [0.717, 1.165) is 15.9 Å². The predicted octanol–water partition coefficient (Wildman–Crippen LogP) is 0.736. The first-order chi connectivity index (χ1) is 15.0. The number of hydrogen-bond donors (Lipinski definition) is 1. The molecule has 31 heavy (non-hydrogen) atoms. The molecular formula is C21H18N2O7S. The number of carbonyl (C=O) groups is 2. The Morgan fingerprint density at radius 3 is 2.55 bits per heavy atom. The fraction of sp³-hybridized carbons (Fsp3) is 0.190. The van der Waals surface area contributed by atoms with E-state index in [2.05, 4.69) is 0 Å². The first kappa shape index (κ1) is 20.5. The molecule has 2 N–H and O–H groups in total. The molecule has 10 heteroatoms. The molecule has 0 spiro atoms. The van der Waals surface area contributed by atoms with E-state index >= 15 is 0 Å². The number of fused-ring (bicyclic) bond motifs is 1. The molecule has 0 radical (unpaired) electrons. The average molecular weight is 442 g/mol. The van der Waals surface area contributed by atoms with Crippen molar-refractivity contribution in [1.82, 2.24) is 4.57 Å². The van der Waals surface area contributed by atoms with Gasteiger partial charge in [-0.15, -0.1) is 0 Å². The lowest BCUT2D eigenvalue weighted by Gasteiger charge is -2.25. The minimum atomic E-state index is -1.03. The minimum absolute atomic E-state index is 0.0440. The van der Waals surface area contributed by atoms with Crippen molar-refractivity contribution >= 4 is 40.7 Å². The van der Waals surface area contributed by atoms with Gasteiger partial charge in [0.1, 0.15) is 17.3 Å². The van der Waals surface area contributed by atoms with Crippen molar-refractivity contribution in [3.05, 3.63) is 73.4 Å². The summed E-state index contributed by atoms with van der Waals surface area (Å²) in [6.45, 7) is 1.75. The van der Waals surface area contributed by atoms with Crippen molar-refractivity contribution in [2.45, 2.75) is 12.8 Å². The van der Waals surface area contributed by atoms with Gasteiger partial charge in [-0.1, -0.05) is 11.3 Å². The van der Waals surface area contributed by atoms with E-state index in [9.17, 15) is 14.4 Å². The molecule has 160 valence electrons. The van der Waals surface area contributed by atoms with E-state index in [-0.39, 0.29) is 34.7 Å². The second-order valence-electron chi connectivity index (χ2n) is 6.45. The summed E-state index contributed by atoms with van der Waals surface area (Å²) in [6.07, 6.45) is 4.52. The molecule has 3 aromatic rings. The van der Waals surface area contributed by atoms with Crippen LogP contribution in [0.5, 0.6) is 0 Å². The molecule has 0 saturated carbocycles. The second kappa shape index (κ2) is 8.15. The number of nitrogens with two attached hydrogens (primary N) is 1. The van der Waals surface area contributed by atoms with Crippen LogP contribution in [0, 0.1) is 0 Å². The molecule has 1 aliphatic heterocycles. The Labute approximate surface area is 179 Å². The Bertz CT molecular complexity index is 1340. The van der Waals surface area contributed by atoms with Gasteiger partial charge in [-0.3, -0.25) is 9.36 Å². The van der Waals surface area contributed by atoms with E-state index in [4.69, 9.17) is 24.0 Å². The van der Waals surface area contributed by atoms with Crippen LogP contribution in [0.2, 0.25) is 0 Å². The van der Waals surface area contributed by atoms with E-state index in [1.54, 1.807) is 37.3 Å². The molecule has 1 unspecified atom stereocenters. The summed E-state index contributed by atoms with van der Waals surface area (Å²) in [5.41, 5.74) is 6.25. The number of thiazole rings is 1. The fourth-order valence-corrected chi connectivity index (χ4v) is 4.45. The highest BCUT2D eigenvalue weighted by molar-refractivity contribution is 7.07. The molecule has 0 fully saturated rings. The normalized spacial score (nSPS) is 16.4. The number of methoxy groups -OCH3 is 1. The Morgan fingerprint density at radius 2 is 1.94 bits per heavy atom. The van der Waals surface area contributed by atoms with Gasteiger partial charge in [0.05, 0.1) is 53.2 Å². The maximum Gasteiger partial charge on any atom is 0.338 e. The van der Waals surface area contributed by atoms with Gasteiger partial charge in [0.2, 0.25) is 0 Å². The van der Waals surface area contributed by atoms with Crippen molar-refractivity contribution in [3.8, 4) is 0 Å². The van der Waals surface area contributed by atoms with E-state index < -0.39 is 22.7 Å². The molecule has 9 nitrogen and oxygen atoms in total. The number of aromatic nitrogens is 1. The molecule has 0 aromatic carbocycles. The zero-order chi connectivity index (χ0) is 22.1. The topological polar surface area (TPSA) is 127 Å². The van der Waals surface area contributed by atoms with Gasteiger partial charge in [-0.05, 0) is 31.2 Å². The molecule has 1 aliphatic rings. The van der Waals surface area contributed by atoms with Crippen molar-refractivity contribution in [2.75, 3.05) is 13.7 Å². The Morgan fingerprint density at radius 1 is 1.19 bits per heavy atom. The summed E-state index contributed by atoms with van der Waals surface area (Å²) in [7, 11) is 1.19. The Hall–Kier alpha value is -3.79.